The predicted octanol–water partition coefficient (Wildman–Crippen LogP) is 1.88. The van der Waals surface area contributed by atoms with Crippen LogP contribution in [0.15, 0.2) is 18.2 Å². The standard InChI is InChI=1S/C12H15ClN2O4/c1-7(6-16)15(2)12(19)14-8-3-4-10(13)9(5-8)11(17)18/h3-5,7,16H,6H2,1-2H3,(H,14,19)(H,17,18). The molecule has 104 valence electrons. The van der Waals surface area contributed by atoms with E-state index in [1.54, 1.807) is 6.92 Å². The van der Waals surface area contributed by atoms with Gasteiger partial charge in [0.2, 0.25) is 0 Å². The van der Waals surface area contributed by atoms with Crippen LogP contribution < -0.4 is 5.32 Å². The number of anilines is 1. The number of hydrogen-bond donors (Lipinski definition) is 3. The summed E-state index contributed by atoms with van der Waals surface area (Å²) in [7, 11) is 1.53. The van der Waals surface area contributed by atoms with Crippen molar-refractivity contribution in [2.45, 2.75) is 13.0 Å². The Kier molecular flexibility index (Phi) is 5.14. The number of likely N-dealkylation sites (N-methyl/N-ethyl adjacent to an activating group) is 1. The molecule has 0 heterocycles. The van der Waals surface area contributed by atoms with Gasteiger partial charge in [0.05, 0.1) is 23.2 Å². The van der Waals surface area contributed by atoms with Gasteiger partial charge in [-0.3, -0.25) is 0 Å². The second-order valence-corrected chi connectivity index (χ2v) is 4.48. The van der Waals surface area contributed by atoms with Crippen LogP contribution in [0.5, 0.6) is 0 Å². The van der Waals surface area contributed by atoms with E-state index < -0.39 is 12.0 Å². The van der Waals surface area contributed by atoms with Gasteiger partial charge >= 0.3 is 12.0 Å². The molecule has 19 heavy (non-hydrogen) atoms. The number of urea groups is 1. The van der Waals surface area contributed by atoms with E-state index in [-0.39, 0.29) is 23.2 Å². The Hall–Kier alpha value is -1.79. The summed E-state index contributed by atoms with van der Waals surface area (Å²) in [5, 5.41) is 20.5. The van der Waals surface area contributed by atoms with Crippen molar-refractivity contribution in [3.05, 3.63) is 28.8 Å². The third kappa shape index (κ3) is 3.84. The summed E-state index contributed by atoms with van der Waals surface area (Å²) in [5.74, 6) is -1.17. The summed E-state index contributed by atoms with van der Waals surface area (Å²) >= 11 is 5.73. The molecule has 7 heteroatoms. The highest BCUT2D eigenvalue weighted by molar-refractivity contribution is 6.33. The van der Waals surface area contributed by atoms with Gasteiger partial charge in [-0.15, -0.1) is 0 Å². The number of amides is 2. The molecule has 1 aromatic carbocycles. The Morgan fingerprint density at radius 2 is 2.11 bits per heavy atom. The van der Waals surface area contributed by atoms with Crippen molar-refractivity contribution in [1.29, 1.82) is 0 Å². The highest BCUT2D eigenvalue weighted by atomic mass is 35.5. The normalized spacial score (nSPS) is 11.8. The van der Waals surface area contributed by atoms with Crippen molar-refractivity contribution >= 4 is 29.3 Å². The summed E-state index contributed by atoms with van der Waals surface area (Å²) in [6.45, 7) is 1.52. The van der Waals surface area contributed by atoms with E-state index >= 15 is 0 Å². The molecule has 3 N–H and O–H groups in total. The minimum atomic E-state index is -1.17. The summed E-state index contributed by atoms with van der Waals surface area (Å²) in [5.41, 5.74) is 0.237. The first-order valence-corrected chi connectivity index (χ1v) is 5.92. The topological polar surface area (TPSA) is 89.9 Å². The number of nitrogens with one attached hydrogen (secondary N) is 1. The quantitative estimate of drug-likeness (QED) is 0.788. The van der Waals surface area contributed by atoms with Gasteiger partial charge in [-0.1, -0.05) is 11.6 Å². The number of halogens is 1. The number of benzene rings is 1. The van der Waals surface area contributed by atoms with E-state index in [9.17, 15) is 9.59 Å². The number of carboxylic acids is 1. The van der Waals surface area contributed by atoms with Gasteiger partial charge in [0.15, 0.2) is 0 Å². The summed E-state index contributed by atoms with van der Waals surface area (Å²) in [4.78, 5) is 24.0. The first-order chi connectivity index (χ1) is 8.86. The van der Waals surface area contributed by atoms with Crippen LogP contribution in [0.4, 0.5) is 10.5 Å². The molecule has 0 aliphatic carbocycles. The molecule has 1 rings (SSSR count). The van der Waals surface area contributed by atoms with Crippen LogP contribution in [0.2, 0.25) is 5.02 Å². The lowest BCUT2D eigenvalue weighted by molar-refractivity contribution is 0.0697. The van der Waals surface area contributed by atoms with Crippen LogP contribution in [0.25, 0.3) is 0 Å². The molecule has 1 aromatic rings. The minimum absolute atomic E-state index is 0.0858. The molecule has 6 nitrogen and oxygen atoms in total. The van der Waals surface area contributed by atoms with Gasteiger partial charge in [-0.25, -0.2) is 9.59 Å². The first-order valence-electron chi connectivity index (χ1n) is 5.54. The predicted molar refractivity (Wildman–Crippen MR) is 71.7 cm³/mol. The number of carbonyl (C=O) groups excluding carboxylic acids is 1. The van der Waals surface area contributed by atoms with Crippen LogP contribution in [-0.4, -0.2) is 46.8 Å². The van der Waals surface area contributed by atoms with Crippen molar-refractivity contribution in [3.8, 4) is 0 Å². The Balaban J connectivity index is 2.86. The second kappa shape index (κ2) is 6.40. The molecule has 0 aliphatic rings. The third-order valence-electron chi connectivity index (χ3n) is 2.69. The molecule has 0 saturated carbocycles. The highest BCUT2D eigenvalue weighted by Gasteiger charge is 2.16. The maximum Gasteiger partial charge on any atom is 0.337 e. The van der Waals surface area contributed by atoms with Gasteiger partial charge < -0.3 is 20.4 Å². The van der Waals surface area contributed by atoms with Crippen LogP contribution in [0.3, 0.4) is 0 Å². The minimum Gasteiger partial charge on any atom is -0.478 e. The molecular weight excluding hydrogens is 272 g/mol. The van der Waals surface area contributed by atoms with Crippen molar-refractivity contribution in [2.75, 3.05) is 19.0 Å². The SMILES string of the molecule is CC(CO)N(C)C(=O)Nc1ccc(Cl)c(C(=O)O)c1. The average Bonchev–Trinajstić information content (AvgIpc) is 2.38. The fourth-order valence-electron chi connectivity index (χ4n) is 1.30. The number of aliphatic hydroxyl groups excluding tert-OH is 1. The van der Waals surface area contributed by atoms with Gasteiger partial charge in [-0.2, -0.15) is 0 Å². The van der Waals surface area contributed by atoms with E-state index in [1.807, 2.05) is 0 Å². The Morgan fingerprint density at radius 3 is 2.63 bits per heavy atom. The van der Waals surface area contributed by atoms with E-state index in [1.165, 1.54) is 30.1 Å². The molecule has 0 bridgehead atoms. The van der Waals surface area contributed by atoms with Crippen molar-refractivity contribution in [3.63, 3.8) is 0 Å². The lowest BCUT2D eigenvalue weighted by atomic mass is 10.2. The average molecular weight is 287 g/mol. The maximum absolute atomic E-state index is 11.8. The number of aliphatic hydroxyl groups is 1. The van der Waals surface area contributed by atoms with Gasteiger partial charge in [0.25, 0.3) is 0 Å². The van der Waals surface area contributed by atoms with Crippen LogP contribution in [0, 0.1) is 0 Å². The van der Waals surface area contributed by atoms with E-state index in [0.717, 1.165) is 0 Å². The van der Waals surface area contributed by atoms with E-state index in [0.29, 0.717) is 5.69 Å². The highest BCUT2D eigenvalue weighted by Crippen LogP contribution is 2.20. The number of aromatic carboxylic acids is 1. The third-order valence-corrected chi connectivity index (χ3v) is 3.02. The molecule has 1 atom stereocenters. The number of rotatable bonds is 4. The largest absolute Gasteiger partial charge is 0.478 e. The fraction of sp³-hybridized carbons (Fsp3) is 0.333. The molecule has 1 unspecified atom stereocenters. The Labute approximate surface area is 115 Å². The molecule has 0 aromatic heterocycles. The molecule has 2 amide bonds. The van der Waals surface area contributed by atoms with Crippen LogP contribution >= 0.6 is 11.6 Å². The molecular formula is C12H15ClN2O4. The van der Waals surface area contributed by atoms with Gasteiger partial charge in [-0.05, 0) is 25.1 Å². The smallest absolute Gasteiger partial charge is 0.337 e. The van der Waals surface area contributed by atoms with Gasteiger partial charge in [0.1, 0.15) is 0 Å². The second-order valence-electron chi connectivity index (χ2n) is 4.07. The van der Waals surface area contributed by atoms with Crippen molar-refractivity contribution < 1.29 is 19.8 Å². The zero-order valence-electron chi connectivity index (χ0n) is 10.6. The van der Waals surface area contributed by atoms with Gasteiger partial charge in [0, 0.05) is 12.7 Å². The van der Waals surface area contributed by atoms with Crippen LogP contribution in [-0.2, 0) is 0 Å². The first kappa shape index (κ1) is 15.3. The number of nitrogens with zero attached hydrogens (tertiary/aromatic N) is 1. The number of carbonyl (C=O) groups is 2. The van der Waals surface area contributed by atoms with Crippen molar-refractivity contribution in [1.82, 2.24) is 4.90 Å². The molecule has 0 spiro atoms. The summed E-state index contributed by atoms with van der Waals surface area (Å²) in [6.07, 6.45) is 0. The molecule has 0 aliphatic heterocycles. The lowest BCUT2D eigenvalue weighted by Gasteiger charge is -2.23. The van der Waals surface area contributed by atoms with Crippen molar-refractivity contribution in [2.24, 2.45) is 0 Å². The number of carboxylic acid groups (broad SMARTS) is 1. The van der Waals surface area contributed by atoms with E-state index in [4.69, 9.17) is 21.8 Å². The lowest BCUT2D eigenvalue weighted by Crippen LogP contribution is -2.40. The van der Waals surface area contributed by atoms with Crippen LogP contribution in [0.1, 0.15) is 17.3 Å². The zero-order chi connectivity index (χ0) is 14.6. The Morgan fingerprint density at radius 1 is 1.47 bits per heavy atom. The molecule has 0 radical (unpaired) electrons. The summed E-state index contributed by atoms with van der Waals surface area (Å²) in [6, 6.07) is 3.40. The molecule has 0 saturated heterocycles. The fourth-order valence-corrected chi connectivity index (χ4v) is 1.50. The Bertz CT molecular complexity index is 493. The maximum atomic E-state index is 11.8. The zero-order valence-corrected chi connectivity index (χ0v) is 11.3. The van der Waals surface area contributed by atoms with E-state index in [2.05, 4.69) is 5.32 Å². The summed E-state index contributed by atoms with van der Waals surface area (Å²) < 4.78 is 0. The molecule has 0 fully saturated rings. The monoisotopic (exact) mass is 286 g/mol. The number of hydrogen-bond acceptors (Lipinski definition) is 3.